The van der Waals surface area contributed by atoms with Crippen molar-refractivity contribution in [3.05, 3.63) is 64.7 Å². The fraction of sp³-hybridized carbons (Fsp3) is 0.333. The molecule has 1 aliphatic rings. The van der Waals surface area contributed by atoms with E-state index in [9.17, 15) is 0 Å². The third kappa shape index (κ3) is 4.39. The molecule has 0 aliphatic carbocycles. The minimum Gasteiger partial charge on any atom is -0.463 e. The molecule has 23 heavy (non-hydrogen) atoms. The molecule has 0 saturated carbocycles. The second-order valence-corrected chi connectivity index (χ2v) is 6.16. The Labute approximate surface area is 148 Å². The lowest BCUT2D eigenvalue weighted by atomic mass is 9.99. The van der Waals surface area contributed by atoms with E-state index in [0.717, 1.165) is 16.9 Å². The van der Waals surface area contributed by atoms with Crippen LogP contribution in [0.15, 0.2) is 48.5 Å². The third-order valence-electron chi connectivity index (χ3n) is 3.60. The molecular weight excluding hydrogens is 333 g/mol. The van der Waals surface area contributed by atoms with Crippen LogP contribution in [0.2, 0.25) is 5.02 Å². The highest BCUT2D eigenvalue weighted by Gasteiger charge is 2.30. The second-order valence-electron chi connectivity index (χ2n) is 5.72. The van der Waals surface area contributed by atoms with Crippen molar-refractivity contribution in [1.29, 1.82) is 0 Å². The molecule has 0 amide bonds. The Bertz CT molecular complexity index is 634. The molecule has 0 aromatic heterocycles. The molecule has 0 saturated heterocycles. The lowest BCUT2D eigenvalue weighted by molar-refractivity contribution is -0.125. The summed E-state index contributed by atoms with van der Waals surface area (Å²) in [5.74, 6) is 0.833. The highest BCUT2D eigenvalue weighted by Crippen LogP contribution is 2.39. The summed E-state index contributed by atoms with van der Waals surface area (Å²) in [5, 5.41) is 4.04. The van der Waals surface area contributed by atoms with Gasteiger partial charge in [0.05, 0.1) is 6.54 Å². The summed E-state index contributed by atoms with van der Waals surface area (Å²) in [4.78, 5) is 0. The van der Waals surface area contributed by atoms with Crippen LogP contribution < -0.4 is 10.1 Å². The van der Waals surface area contributed by atoms with Crippen LogP contribution in [-0.4, -0.2) is 18.9 Å². The van der Waals surface area contributed by atoms with Gasteiger partial charge in [-0.3, -0.25) is 0 Å². The summed E-state index contributed by atoms with van der Waals surface area (Å²) < 4.78 is 12.1. The van der Waals surface area contributed by atoms with Crippen molar-refractivity contribution in [2.45, 2.75) is 32.3 Å². The van der Waals surface area contributed by atoms with E-state index in [2.05, 4.69) is 31.3 Å². The summed E-state index contributed by atoms with van der Waals surface area (Å²) in [6.45, 7) is 4.85. The van der Waals surface area contributed by atoms with Gasteiger partial charge in [0.25, 0.3) is 0 Å². The van der Waals surface area contributed by atoms with E-state index in [-0.39, 0.29) is 24.8 Å². The molecule has 0 fully saturated rings. The highest BCUT2D eigenvalue weighted by molar-refractivity contribution is 6.30. The maximum Gasteiger partial charge on any atom is 0.213 e. The highest BCUT2D eigenvalue weighted by atomic mass is 35.5. The molecule has 2 atom stereocenters. The van der Waals surface area contributed by atoms with E-state index >= 15 is 0 Å². The van der Waals surface area contributed by atoms with Crippen molar-refractivity contribution in [2.75, 3.05) is 6.54 Å². The van der Waals surface area contributed by atoms with Crippen LogP contribution in [0, 0.1) is 0 Å². The zero-order chi connectivity index (χ0) is 15.5. The Morgan fingerprint density at radius 1 is 1.13 bits per heavy atom. The van der Waals surface area contributed by atoms with Gasteiger partial charge in [0.2, 0.25) is 6.29 Å². The van der Waals surface area contributed by atoms with Crippen LogP contribution in [0.4, 0.5) is 0 Å². The SMILES string of the molecule is CC(C)NCC1Oc2ccc(Cl)cc2C(c2ccccc2)O1.Cl. The number of halogens is 2. The molecule has 2 aromatic carbocycles. The monoisotopic (exact) mass is 353 g/mol. The number of hydrogen-bond donors (Lipinski definition) is 1. The summed E-state index contributed by atoms with van der Waals surface area (Å²) in [6, 6.07) is 16.2. The Morgan fingerprint density at radius 2 is 1.87 bits per heavy atom. The fourth-order valence-corrected chi connectivity index (χ4v) is 2.71. The van der Waals surface area contributed by atoms with Gasteiger partial charge in [0.15, 0.2) is 0 Å². The van der Waals surface area contributed by atoms with Gasteiger partial charge in [-0.25, -0.2) is 0 Å². The first-order valence-corrected chi connectivity index (χ1v) is 7.91. The summed E-state index contributed by atoms with van der Waals surface area (Å²) >= 11 is 6.15. The largest absolute Gasteiger partial charge is 0.463 e. The van der Waals surface area contributed by atoms with Gasteiger partial charge in [-0.05, 0) is 23.8 Å². The topological polar surface area (TPSA) is 30.5 Å². The summed E-state index contributed by atoms with van der Waals surface area (Å²) in [6.07, 6.45) is -0.483. The van der Waals surface area contributed by atoms with Gasteiger partial charge in [0, 0.05) is 16.6 Å². The molecule has 3 nitrogen and oxygen atoms in total. The molecule has 1 N–H and O–H groups in total. The smallest absolute Gasteiger partial charge is 0.213 e. The molecule has 0 spiro atoms. The molecule has 2 unspecified atom stereocenters. The zero-order valence-corrected chi connectivity index (χ0v) is 14.7. The minimum atomic E-state index is -0.318. The average Bonchev–Trinajstić information content (AvgIpc) is 2.53. The van der Waals surface area contributed by atoms with Crippen molar-refractivity contribution in [3.63, 3.8) is 0 Å². The Kier molecular flexibility index (Phi) is 6.31. The Hall–Kier alpha value is -1.26. The van der Waals surface area contributed by atoms with Crippen LogP contribution in [0.1, 0.15) is 31.1 Å². The molecule has 1 aliphatic heterocycles. The summed E-state index contributed by atoms with van der Waals surface area (Å²) in [7, 11) is 0. The third-order valence-corrected chi connectivity index (χ3v) is 3.83. The fourth-order valence-electron chi connectivity index (χ4n) is 2.53. The predicted molar refractivity (Wildman–Crippen MR) is 95.6 cm³/mol. The maximum absolute atomic E-state index is 6.16. The quantitative estimate of drug-likeness (QED) is 0.872. The molecule has 1 heterocycles. The van der Waals surface area contributed by atoms with E-state index in [1.54, 1.807) is 0 Å². The van der Waals surface area contributed by atoms with E-state index < -0.39 is 0 Å². The molecule has 0 radical (unpaired) electrons. The molecule has 0 bridgehead atoms. The van der Waals surface area contributed by atoms with Gasteiger partial charge in [0.1, 0.15) is 11.9 Å². The first-order chi connectivity index (χ1) is 10.6. The number of hydrogen-bond acceptors (Lipinski definition) is 3. The lowest BCUT2D eigenvalue weighted by Crippen LogP contribution is -2.40. The second kappa shape index (κ2) is 8.02. The van der Waals surface area contributed by atoms with E-state index in [1.165, 1.54) is 0 Å². The number of benzene rings is 2. The minimum absolute atomic E-state index is 0. The molecule has 2 aromatic rings. The number of rotatable bonds is 4. The van der Waals surface area contributed by atoms with E-state index in [0.29, 0.717) is 17.6 Å². The normalized spacial score (nSPS) is 19.7. The predicted octanol–water partition coefficient (Wildman–Crippen LogP) is 4.58. The lowest BCUT2D eigenvalue weighted by Gasteiger charge is -2.33. The van der Waals surface area contributed by atoms with E-state index in [4.69, 9.17) is 21.1 Å². The molecule has 5 heteroatoms. The first-order valence-electron chi connectivity index (χ1n) is 7.53. The van der Waals surface area contributed by atoms with Gasteiger partial charge in [-0.1, -0.05) is 55.8 Å². The molecular formula is C18H21Cl2NO2. The van der Waals surface area contributed by atoms with Gasteiger partial charge in [-0.2, -0.15) is 0 Å². The van der Waals surface area contributed by atoms with Crippen molar-refractivity contribution in [2.24, 2.45) is 0 Å². The number of nitrogens with one attached hydrogen (secondary N) is 1. The Morgan fingerprint density at radius 3 is 2.57 bits per heavy atom. The van der Waals surface area contributed by atoms with Crippen LogP contribution in [0.3, 0.4) is 0 Å². The number of fused-ring (bicyclic) bond motifs is 1. The van der Waals surface area contributed by atoms with Gasteiger partial charge < -0.3 is 14.8 Å². The van der Waals surface area contributed by atoms with Gasteiger partial charge >= 0.3 is 0 Å². The Balaban J connectivity index is 0.00000192. The van der Waals surface area contributed by atoms with Crippen LogP contribution in [0.25, 0.3) is 0 Å². The average molecular weight is 354 g/mol. The van der Waals surface area contributed by atoms with Gasteiger partial charge in [-0.15, -0.1) is 12.4 Å². The first kappa shape index (κ1) is 18.1. The number of ether oxygens (including phenoxy) is 2. The zero-order valence-electron chi connectivity index (χ0n) is 13.2. The van der Waals surface area contributed by atoms with Crippen molar-refractivity contribution in [3.8, 4) is 5.75 Å². The molecule has 124 valence electrons. The maximum atomic E-state index is 6.16. The van der Waals surface area contributed by atoms with Crippen molar-refractivity contribution in [1.82, 2.24) is 5.32 Å². The molecule has 3 rings (SSSR count). The van der Waals surface area contributed by atoms with Crippen molar-refractivity contribution >= 4 is 24.0 Å². The van der Waals surface area contributed by atoms with Crippen molar-refractivity contribution < 1.29 is 9.47 Å². The summed E-state index contributed by atoms with van der Waals surface area (Å²) in [5.41, 5.74) is 2.07. The standard InChI is InChI=1S/C18H20ClNO2.ClH/c1-12(2)20-11-17-21-16-9-8-14(19)10-15(16)18(22-17)13-6-4-3-5-7-13;/h3-10,12,17-18,20H,11H2,1-2H3;1H. The van der Waals surface area contributed by atoms with E-state index in [1.807, 2.05) is 36.4 Å². The van der Waals surface area contributed by atoms with Crippen LogP contribution >= 0.6 is 24.0 Å². The van der Waals surface area contributed by atoms with Crippen LogP contribution in [-0.2, 0) is 4.74 Å². The van der Waals surface area contributed by atoms with Crippen LogP contribution in [0.5, 0.6) is 5.75 Å².